The minimum absolute atomic E-state index is 0.105. The zero-order chi connectivity index (χ0) is 17.7. The summed E-state index contributed by atoms with van der Waals surface area (Å²) >= 11 is 1.55. The Hall–Kier alpha value is -3.25. The molecule has 0 saturated heterocycles. The molecular formula is C20H13N3O2S. The molecule has 0 aliphatic carbocycles. The molecule has 0 aliphatic heterocycles. The molecule has 0 fully saturated rings. The third-order valence-electron chi connectivity index (χ3n) is 4.49. The van der Waals surface area contributed by atoms with Crippen LogP contribution in [0.1, 0.15) is 0 Å². The number of nitrogens with zero attached hydrogens (tertiary/aromatic N) is 3. The van der Waals surface area contributed by atoms with Crippen LogP contribution in [0.15, 0.2) is 65.0 Å². The van der Waals surface area contributed by atoms with Gasteiger partial charge in [0.1, 0.15) is 16.9 Å². The fraction of sp³-hybridized carbons (Fsp3) is 0.0500. The van der Waals surface area contributed by atoms with E-state index >= 15 is 0 Å². The summed E-state index contributed by atoms with van der Waals surface area (Å²) in [6, 6.07) is 15.2. The van der Waals surface area contributed by atoms with Crippen LogP contribution in [0.5, 0.6) is 5.75 Å². The van der Waals surface area contributed by atoms with Crippen molar-refractivity contribution in [3.8, 4) is 16.9 Å². The van der Waals surface area contributed by atoms with Crippen LogP contribution in [0.3, 0.4) is 0 Å². The van der Waals surface area contributed by atoms with Gasteiger partial charge in [0.2, 0.25) is 0 Å². The fourth-order valence-electron chi connectivity index (χ4n) is 3.18. The molecule has 6 heteroatoms. The maximum atomic E-state index is 12.9. The van der Waals surface area contributed by atoms with Crippen molar-refractivity contribution in [2.45, 2.75) is 0 Å². The summed E-state index contributed by atoms with van der Waals surface area (Å²) < 4.78 is 6.77. The van der Waals surface area contributed by atoms with Crippen LogP contribution in [0.25, 0.3) is 37.9 Å². The second kappa shape index (κ2) is 5.64. The monoisotopic (exact) mass is 359 g/mol. The van der Waals surface area contributed by atoms with Crippen molar-refractivity contribution in [1.82, 2.24) is 14.4 Å². The highest BCUT2D eigenvalue weighted by Crippen LogP contribution is 2.35. The first-order valence-corrected chi connectivity index (χ1v) is 8.96. The second-order valence-corrected chi connectivity index (χ2v) is 6.79. The minimum atomic E-state index is -0.105. The highest BCUT2D eigenvalue weighted by Gasteiger charge is 2.15. The normalized spacial score (nSPS) is 11.4. The average molecular weight is 359 g/mol. The zero-order valence-electron chi connectivity index (χ0n) is 13.8. The maximum Gasteiger partial charge on any atom is 0.266 e. The van der Waals surface area contributed by atoms with E-state index < -0.39 is 0 Å². The molecule has 126 valence electrons. The summed E-state index contributed by atoms with van der Waals surface area (Å²) in [4.78, 5) is 23.0. The molecule has 5 aromatic rings. The quantitative estimate of drug-likeness (QED) is 0.445. The van der Waals surface area contributed by atoms with E-state index in [9.17, 15) is 4.79 Å². The summed E-state index contributed by atoms with van der Waals surface area (Å²) in [7, 11) is 1.65. The molecule has 0 atom stereocenters. The Kier molecular flexibility index (Phi) is 3.26. The highest BCUT2D eigenvalue weighted by molar-refractivity contribution is 7.17. The molecule has 0 saturated carbocycles. The van der Waals surface area contributed by atoms with Gasteiger partial charge in [-0.2, -0.15) is 0 Å². The highest BCUT2D eigenvalue weighted by atomic mass is 32.1. The van der Waals surface area contributed by atoms with Crippen molar-refractivity contribution >= 4 is 38.1 Å². The maximum absolute atomic E-state index is 12.9. The first-order valence-electron chi connectivity index (χ1n) is 8.08. The van der Waals surface area contributed by atoms with Crippen LogP contribution in [-0.2, 0) is 0 Å². The van der Waals surface area contributed by atoms with Crippen molar-refractivity contribution in [2.24, 2.45) is 0 Å². The van der Waals surface area contributed by atoms with E-state index in [0.29, 0.717) is 16.6 Å². The van der Waals surface area contributed by atoms with E-state index in [-0.39, 0.29) is 5.56 Å². The van der Waals surface area contributed by atoms with Crippen LogP contribution in [0.4, 0.5) is 0 Å². The number of ether oxygens (including phenoxy) is 1. The third kappa shape index (κ3) is 2.12. The number of benzene rings is 2. The lowest BCUT2D eigenvalue weighted by atomic mass is 10.1. The first-order chi connectivity index (χ1) is 12.8. The molecule has 3 aromatic heterocycles. The Balaban J connectivity index is 1.89. The zero-order valence-corrected chi connectivity index (χ0v) is 14.7. The lowest BCUT2D eigenvalue weighted by Crippen LogP contribution is -2.15. The molecule has 2 aromatic carbocycles. The molecule has 0 amide bonds. The number of para-hydroxylation sites is 1. The van der Waals surface area contributed by atoms with Gasteiger partial charge >= 0.3 is 0 Å². The van der Waals surface area contributed by atoms with Gasteiger partial charge < -0.3 is 4.74 Å². The smallest absolute Gasteiger partial charge is 0.266 e. The fourth-order valence-corrected chi connectivity index (χ4v) is 4.09. The van der Waals surface area contributed by atoms with Gasteiger partial charge in [0.05, 0.1) is 23.4 Å². The standard InChI is InChI=1S/C20H13N3O2S/c1-25-13-8-6-12(7-9-13)15-10-26-19-17(15)18-22-16-5-3-2-4-14(16)20(24)23(18)11-21-19/h2-11H,1H3. The van der Waals surface area contributed by atoms with Crippen LogP contribution in [-0.4, -0.2) is 21.5 Å². The van der Waals surface area contributed by atoms with E-state index in [2.05, 4.69) is 10.4 Å². The molecule has 0 aliphatic rings. The van der Waals surface area contributed by atoms with Crippen LogP contribution >= 0.6 is 11.3 Å². The first kappa shape index (κ1) is 15.0. The van der Waals surface area contributed by atoms with Crippen molar-refractivity contribution in [1.29, 1.82) is 0 Å². The summed E-state index contributed by atoms with van der Waals surface area (Å²) in [5.41, 5.74) is 3.27. The molecular weight excluding hydrogens is 346 g/mol. The summed E-state index contributed by atoms with van der Waals surface area (Å²) in [5.74, 6) is 0.802. The van der Waals surface area contributed by atoms with Gasteiger partial charge in [0.15, 0.2) is 5.65 Å². The van der Waals surface area contributed by atoms with Crippen molar-refractivity contribution < 1.29 is 4.74 Å². The van der Waals surface area contributed by atoms with Gasteiger partial charge in [-0.3, -0.25) is 4.79 Å². The molecule has 0 bridgehead atoms. The molecule has 26 heavy (non-hydrogen) atoms. The molecule has 0 spiro atoms. The van der Waals surface area contributed by atoms with Gasteiger partial charge in [-0.25, -0.2) is 14.4 Å². The number of rotatable bonds is 2. The molecule has 3 heterocycles. The number of hydrogen-bond donors (Lipinski definition) is 0. The Bertz CT molecular complexity index is 1340. The Morgan fingerprint density at radius 2 is 1.88 bits per heavy atom. The SMILES string of the molecule is COc1ccc(-c2csc3ncn4c(=O)c5ccccc5nc4c23)cc1. The van der Waals surface area contributed by atoms with Crippen molar-refractivity contribution in [2.75, 3.05) is 7.11 Å². The van der Waals surface area contributed by atoms with Gasteiger partial charge in [-0.15, -0.1) is 11.3 Å². The minimum Gasteiger partial charge on any atom is -0.497 e. The topological polar surface area (TPSA) is 56.5 Å². The Morgan fingerprint density at radius 1 is 1.08 bits per heavy atom. The summed E-state index contributed by atoms with van der Waals surface area (Å²) in [6.45, 7) is 0. The second-order valence-electron chi connectivity index (χ2n) is 5.93. The third-order valence-corrected chi connectivity index (χ3v) is 5.38. The summed E-state index contributed by atoms with van der Waals surface area (Å²) in [5, 5.41) is 3.54. The van der Waals surface area contributed by atoms with E-state index in [1.165, 1.54) is 4.40 Å². The predicted molar refractivity (Wildman–Crippen MR) is 104 cm³/mol. The van der Waals surface area contributed by atoms with E-state index in [4.69, 9.17) is 9.72 Å². The predicted octanol–water partition coefficient (Wildman–Crippen LogP) is 4.13. The van der Waals surface area contributed by atoms with Crippen molar-refractivity contribution in [3.05, 3.63) is 70.6 Å². The average Bonchev–Trinajstić information content (AvgIpc) is 3.13. The molecule has 0 radical (unpaired) electrons. The lowest BCUT2D eigenvalue weighted by Gasteiger charge is -2.06. The van der Waals surface area contributed by atoms with Gasteiger partial charge in [-0.1, -0.05) is 24.3 Å². The number of thiophene rings is 1. The van der Waals surface area contributed by atoms with Gasteiger partial charge in [-0.05, 0) is 29.8 Å². The Labute approximate surface area is 152 Å². The van der Waals surface area contributed by atoms with E-state index in [1.807, 2.05) is 42.5 Å². The van der Waals surface area contributed by atoms with Crippen LogP contribution in [0, 0.1) is 0 Å². The number of fused-ring (bicyclic) bond motifs is 4. The van der Waals surface area contributed by atoms with E-state index in [0.717, 1.165) is 27.1 Å². The molecule has 0 N–H and O–H groups in total. The molecule has 0 unspecified atom stereocenters. The Morgan fingerprint density at radius 3 is 2.69 bits per heavy atom. The molecule has 5 rings (SSSR count). The lowest BCUT2D eigenvalue weighted by molar-refractivity contribution is 0.415. The summed E-state index contributed by atoms with van der Waals surface area (Å²) in [6.07, 6.45) is 1.56. The van der Waals surface area contributed by atoms with Crippen LogP contribution < -0.4 is 10.3 Å². The van der Waals surface area contributed by atoms with E-state index in [1.54, 1.807) is 30.8 Å². The van der Waals surface area contributed by atoms with Crippen LogP contribution in [0.2, 0.25) is 0 Å². The number of aromatic nitrogens is 3. The number of methoxy groups -OCH3 is 1. The number of hydrogen-bond acceptors (Lipinski definition) is 5. The van der Waals surface area contributed by atoms with Gasteiger partial charge in [0, 0.05) is 10.9 Å². The van der Waals surface area contributed by atoms with Gasteiger partial charge in [0.25, 0.3) is 5.56 Å². The largest absolute Gasteiger partial charge is 0.497 e. The molecule has 5 nitrogen and oxygen atoms in total. The van der Waals surface area contributed by atoms with Crippen molar-refractivity contribution in [3.63, 3.8) is 0 Å².